The van der Waals surface area contributed by atoms with E-state index in [4.69, 9.17) is 9.47 Å². The van der Waals surface area contributed by atoms with Crippen LogP contribution in [0.5, 0.6) is 11.5 Å². The predicted octanol–water partition coefficient (Wildman–Crippen LogP) is 1.37. The Morgan fingerprint density at radius 2 is 2.15 bits per heavy atom. The topological polar surface area (TPSA) is 64.6 Å². The Morgan fingerprint density at radius 3 is 2.75 bits per heavy atom. The van der Waals surface area contributed by atoms with Gasteiger partial charge in [0, 0.05) is 6.54 Å². The van der Waals surface area contributed by atoms with Crippen LogP contribution in [0.15, 0.2) is 18.2 Å². The fraction of sp³-hybridized carbons (Fsp3) is 0.571. The van der Waals surface area contributed by atoms with Gasteiger partial charge in [0.25, 0.3) is 0 Å². The van der Waals surface area contributed by atoms with E-state index in [1.54, 1.807) is 0 Å². The van der Waals surface area contributed by atoms with Gasteiger partial charge in [-0.25, -0.2) is 8.42 Å². The largest absolute Gasteiger partial charge is 0.490 e. The Morgan fingerprint density at radius 1 is 1.35 bits per heavy atom. The lowest BCUT2D eigenvalue weighted by molar-refractivity contribution is 0.213. The van der Waals surface area contributed by atoms with Crippen LogP contribution in [0.1, 0.15) is 18.9 Å². The number of ether oxygens (including phenoxy) is 2. The third kappa shape index (κ3) is 3.86. The molecule has 1 N–H and O–H groups in total. The van der Waals surface area contributed by atoms with Crippen LogP contribution in [0.3, 0.4) is 0 Å². The van der Waals surface area contributed by atoms with Gasteiger partial charge in [-0.3, -0.25) is 0 Å². The maximum absolute atomic E-state index is 11.5. The number of sulfone groups is 1. The summed E-state index contributed by atoms with van der Waals surface area (Å²) in [6, 6.07) is 5.74. The predicted molar refractivity (Wildman–Crippen MR) is 78.1 cm³/mol. The first-order chi connectivity index (χ1) is 9.54. The molecule has 0 bridgehead atoms. The number of benzene rings is 1. The van der Waals surface area contributed by atoms with Crippen molar-refractivity contribution in [3.05, 3.63) is 23.8 Å². The zero-order chi connectivity index (χ0) is 14.6. The average Bonchev–Trinajstić information content (AvgIpc) is 2.73. The zero-order valence-electron chi connectivity index (χ0n) is 11.9. The molecule has 2 rings (SSSR count). The molecule has 1 aliphatic heterocycles. The van der Waals surface area contributed by atoms with Crippen molar-refractivity contribution in [2.75, 3.05) is 25.2 Å². The fourth-order valence-electron chi connectivity index (χ4n) is 2.27. The Bertz CT molecular complexity index is 556. The van der Waals surface area contributed by atoms with Crippen molar-refractivity contribution in [3.8, 4) is 11.5 Å². The van der Waals surface area contributed by atoms with E-state index in [-0.39, 0.29) is 17.6 Å². The Labute approximate surface area is 120 Å². The van der Waals surface area contributed by atoms with E-state index < -0.39 is 9.84 Å². The molecule has 1 aromatic carbocycles. The first-order valence-corrected chi connectivity index (χ1v) is 8.63. The summed E-state index contributed by atoms with van der Waals surface area (Å²) in [5.41, 5.74) is 1.10. The van der Waals surface area contributed by atoms with Gasteiger partial charge in [0.15, 0.2) is 21.3 Å². The van der Waals surface area contributed by atoms with Crippen LogP contribution in [0, 0.1) is 0 Å². The molecule has 0 saturated carbocycles. The molecule has 5 nitrogen and oxygen atoms in total. The van der Waals surface area contributed by atoms with Crippen molar-refractivity contribution in [3.63, 3.8) is 0 Å². The van der Waals surface area contributed by atoms with Crippen LogP contribution in [-0.4, -0.2) is 39.7 Å². The molecule has 1 heterocycles. The van der Waals surface area contributed by atoms with Gasteiger partial charge in [-0.2, -0.15) is 0 Å². The molecule has 1 fully saturated rings. The molecule has 0 aliphatic carbocycles. The van der Waals surface area contributed by atoms with Crippen molar-refractivity contribution in [2.45, 2.75) is 26.0 Å². The van der Waals surface area contributed by atoms with Crippen LogP contribution >= 0.6 is 0 Å². The van der Waals surface area contributed by atoms with E-state index >= 15 is 0 Å². The van der Waals surface area contributed by atoms with Crippen molar-refractivity contribution >= 4 is 9.84 Å². The van der Waals surface area contributed by atoms with Crippen molar-refractivity contribution in [2.24, 2.45) is 0 Å². The van der Waals surface area contributed by atoms with Crippen LogP contribution in [0.4, 0.5) is 0 Å². The Hall–Kier alpha value is -1.27. The summed E-state index contributed by atoms with van der Waals surface area (Å²) in [5, 5.41) is 3.08. The summed E-state index contributed by atoms with van der Waals surface area (Å²) in [5.74, 6) is 1.59. The van der Waals surface area contributed by atoms with E-state index in [9.17, 15) is 8.42 Å². The van der Waals surface area contributed by atoms with Crippen LogP contribution < -0.4 is 14.8 Å². The lowest BCUT2D eigenvalue weighted by Gasteiger charge is -2.16. The van der Waals surface area contributed by atoms with Gasteiger partial charge in [0.1, 0.15) is 6.10 Å². The lowest BCUT2D eigenvalue weighted by Crippen LogP contribution is -2.18. The van der Waals surface area contributed by atoms with E-state index in [1.165, 1.54) is 0 Å². The van der Waals surface area contributed by atoms with Gasteiger partial charge in [-0.1, -0.05) is 6.07 Å². The summed E-state index contributed by atoms with van der Waals surface area (Å²) >= 11 is 0. The zero-order valence-corrected chi connectivity index (χ0v) is 12.7. The molecule has 6 heteroatoms. The molecule has 20 heavy (non-hydrogen) atoms. The van der Waals surface area contributed by atoms with Crippen molar-refractivity contribution in [1.29, 1.82) is 0 Å². The molecule has 1 aromatic rings. The molecule has 0 spiro atoms. The molecule has 1 saturated heterocycles. The molecule has 1 aliphatic rings. The second-order valence-electron chi connectivity index (χ2n) is 4.89. The lowest BCUT2D eigenvalue weighted by atomic mass is 10.2. The molecular weight excluding hydrogens is 278 g/mol. The van der Waals surface area contributed by atoms with Crippen molar-refractivity contribution < 1.29 is 17.9 Å². The van der Waals surface area contributed by atoms with Crippen LogP contribution in [-0.2, 0) is 16.4 Å². The highest BCUT2D eigenvalue weighted by molar-refractivity contribution is 7.91. The van der Waals surface area contributed by atoms with Gasteiger partial charge in [0.2, 0.25) is 0 Å². The highest BCUT2D eigenvalue weighted by Crippen LogP contribution is 2.31. The highest BCUT2D eigenvalue weighted by atomic mass is 32.2. The van der Waals surface area contributed by atoms with Gasteiger partial charge in [-0.15, -0.1) is 0 Å². The summed E-state index contributed by atoms with van der Waals surface area (Å²) in [6.45, 7) is 3.20. The summed E-state index contributed by atoms with van der Waals surface area (Å²) in [4.78, 5) is 0. The third-order valence-electron chi connectivity index (χ3n) is 3.17. The van der Waals surface area contributed by atoms with Crippen molar-refractivity contribution in [1.82, 2.24) is 5.32 Å². The Balaban J connectivity index is 2.14. The second kappa shape index (κ2) is 6.45. The quantitative estimate of drug-likeness (QED) is 0.859. The minimum atomic E-state index is -2.93. The monoisotopic (exact) mass is 299 g/mol. The maximum atomic E-state index is 11.5. The van der Waals surface area contributed by atoms with Gasteiger partial charge in [0.05, 0.1) is 18.1 Å². The fourth-order valence-corrected chi connectivity index (χ4v) is 3.86. The molecule has 0 aromatic heterocycles. The molecule has 0 amide bonds. The first kappa shape index (κ1) is 15.1. The number of hydrogen-bond acceptors (Lipinski definition) is 5. The number of nitrogens with one attached hydrogen (secondary N) is 1. The minimum absolute atomic E-state index is 0.0941. The van der Waals surface area contributed by atoms with E-state index in [0.717, 1.165) is 12.1 Å². The number of hydrogen-bond donors (Lipinski definition) is 1. The van der Waals surface area contributed by atoms with Gasteiger partial charge < -0.3 is 14.8 Å². The molecular formula is C14H21NO4S. The van der Waals surface area contributed by atoms with Gasteiger partial charge in [-0.05, 0) is 38.1 Å². The smallest absolute Gasteiger partial charge is 0.161 e. The van der Waals surface area contributed by atoms with E-state index in [0.29, 0.717) is 24.5 Å². The van der Waals surface area contributed by atoms with Crippen LogP contribution in [0.2, 0.25) is 0 Å². The standard InChI is InChI=1S/C14H21NO4S/c1-3-18-14-8-11(9-15-2)4-5-13(14)19-12-6-7-20(16,17)10-12/h4-5,8,12,15H,3,6-7,9-10H2,1-2H3. The summed E-state index contributed by atoms with van der Waals surface area (Å²) < 4.78 is 34.3. The normalized spacial score (nSPS) is 20.8. The molecule has 1 unspecified atom stereocenters. The minimum Gasteiger partial charge on any atom is -0.490 e. The summed E-state index contributed by atoms with van der Waals surface area (Å²) in [6.07, 6.45) is 0.279. The van der Waals surface area contributed by atoms with E-state index in [1.807, 2.05) is 32.2 Å². The molecule has 112 valence electrons. The first-order valence-electron chi connectivity index (χ1n) is 6.81. The third-order valence-corrected chi connectivity index (χ3v) is 4.91. The highest BCUT2D eigenvalue weighted by Gasteiger charge is 2.30. The average molecular weight is 299 g/mol. The molecule has 0 radical (unpaired) electrons. The van der Waals surface area contributed by atoms with Gasteiger partial charge >= 0.3 is 0 Å². The second-order valence-corrected chi connectivity index (χ2v) is 7.12. The Kier molecular flexibility index (Phi) is 4.88. The summed E-state index contributed by atoms with van der Waals surface area (Å²) in [7, 11) is -1.05. The van der Waals surface area contributed by atoms with Crippen LogP contribution in [0.25, 0.3) is 0 Å². The number of rotatable bonds is 6. The maximum Gasteiger partial charge on any atom is 0.161 e. The molecule has 1 atom stereocenters. The SMILES string of the molecule is CCOc1cc(CNC)ccc1OC1CCS(=O)(=O)C1. The van der Waals surface area contributed by atoms with E-state index in [2.05, 4.69) is 5.32 Å².